The molecule has 20 heavy (non-hydrogen) atoms. The Balaban J connectivity index is 2.19. The van der Waals surface area contributed by atoms with Gasteiger partial charge in [-0.3, -0.25) is 4.90 Å². The normalized spacial score (nSPS) is 11.3. The fourth-order valence-electron chi connectivity index (χ4n) is 2.46. The Labute approximate surface area is 119 Å². The lowest BCUT2D eigenvalue weighted by Crippen LogP contribution is -2.24. The van der Waals surface area contributed by atoms with Crippen molar-refractivity contribution in [2.24, 2.45) is 0 Å². The van der Waals surface area contributed by atoms with Crippen LogP contribution in [0.2, 0.25) is 0 Å². The molecule has 0 saturated carbocycles. The van der Waals surface area contributed by atoms with E-state index in [-0.39, 0.29) is 5.76 Å². The summed E-state index contributed by atoms with van der Waals surface area (Å²) in [6.45, 7) is 7.42. The van der Waals surface area contributed by atoms with Crippen LogP contribution in [0.25, 0.3) is 11.0 Å². The van der Waals surface area contributed by atoms with E-state index in [1.165, 1.54) is 5.56 Å². The monoisotopic (exact) mass is 275 g/mol. The number of hydrogen-bond donors (Lipinski definition) is 1. The molecule has 1 aromatic heterocycles. The Bertz CT molecular complexity index is 582. The zero-order valence-electron chi connectivity index (χ0n) is 12.1. The summed E-state index contributed by atoms with van der Waals surface area (Å²) in [7, 11) is 0. The summed E-state index contributed by atoms with van der Waals surface area (Å²) in [5.41, 5.74) is 1.82. The van der Waals surface area contributed by atoms with Crippen LogP contribution in [-0.2, 0) is 6.54 Å². The topological polar surface area (TPSA) is 53.7 Å². The van der Waals surface area contributed by atoms with Gasteiger partial charge in [0.25, 0.3) is 0 Å². The first-order chi connectivity index (χ1) is 9.63. The molecule has 0 aliphatic carbocycles. The predicted octanol–water partition coefficient (Wildman–Crippen LogP) is 3.75. The van der Waals surface area contributed by atoms with E-state index in [0.717, 1.165) is 37.9 Å². The molecule has 0 unspecified atom stereocenters. The number of benzene rings is 1. The number of furan rings is 1. The van der Waals surface area contributed by atoms with E-state index in [1.807, 2.05) is 18.2 Å². The fraction of sp³-hybridized carbons (Fsp3) is 0.438. The van der Waals surface area contributed by atoms with E-state index >= 15 is 0 Å². The lowest BCUT2D eigenvalue weighted by molar-refractivity contribution is 0.0665. The van der Waals surface area contributed by atoms with Gasteiger partial charge in [-0.2, -0.15) is 0 Å². The van der Waals surface area contributed by atoms with Crippen LogP contribution < -0.4 is 0 Å². The van der Waals surface area contributed by atoms with Gasteiger partial charge in [-0.25, -0.2) is 4.79 Å². The number of rotatable bonds is 7. The van der Waals surface area contributed by atoms with Gasteiger partial charge >= 0.3 is 5.97 Å². The SMILES string of the molecule is CCCN(CCC)Cc1ccc2oc(C(=O)O)cc2c1. The predicted molar refractivity (Wildman–Crippen MR) is 79.0 cm³/mol. The summed E-state index contributed by atoms with van der Waals surface area (Å²) in [5, 5.41) is 9.79. The first-order valence-corrected chi connectivity index (χ1v) is 7.12. The summed E-state index contributed by atoms with van der Waals surface area (Å²) in [5.74, 6) is -1.03. The van der Waals surface area contributed by atoms with Crippen LogP contribution in [0.1, 0.15) is 42.8 Å². The Morgan fingerprint density at radius 3 is 2.50 bits per heavy atom. The van der Waals surface area contributed by atoms with Gasteiger partial charge in [0, 0.05) is 11.9 Å². The van der Waals surface area contributed by atoms with Gasteiger partial charge in [0.05, 0.1) is 0 Å². The number of nitrogens with zero attached hydrogens (tertiary/aromatic N) is 1. The Hall–Kier alpha value is -1.81. The zero-order valence-corrected chi connectivity index (χ0v) is 12.1. The summed E-state index contributed by atoms with van der Waals surface area (Å²) in [6, 6.07) is 7.47. The van der Waals surface area contributed by atoms with Crippen molar-refractivity contribution in [3.63, 3.8) is 0 Å². The van der Waals surface area contributed by atoms with Crippen LogP contribution in [0.3, 0.4) is 0 Å². The molecule has 0 spiro atoms. The fourth-order valence-corrected chi connectivity index (χ4v) is 2.46. The van der Waals surface area contributed by atoms with Crippen molar-refractivity contribution in [3.05, 3.63) is 35.6 Å². The van der Waals surface area contributed by atoms with E-state index in [0.29, 0.717) is 5.58 Å². The van der Waals surface area contributed by atoms with Crippen molar-refractivity contribution < 1.29 is 14.3 Å². The molecule has 0 saturated heterocycles. The van der Waals surface area contributed by atoms with E-state index in [1.54, 1.807) is 6.07 Å². The molecule has 2 rings (SSSR count). The largest absolute Gasteiger partial charge is 0.475 e. The smallest absolute Gasteiger partial charge is 0.371 e. The Morgan fingerprint density at radius 2 is 1.90 bits per heavy atom. The number of aromatic carboxylic acids is 1. The minimum Gasteiger partial charge on any atom is -0.475 e. The number of carboxylic acids is 1. The van der Waals surface area contributed by atoms with Crippen molar-refractivity contribution in [3.8, 4) is 0 Å². The molecule has 0 aliphatic rings. The molecule has 1 N–H and O–H groups in total. The molecule has 0 radical (unpaired) electrons. The highest BCUT2D eigenvalue weighted by Gasteiger charge is 2.11. The molecule has 1 heterocycles. The standard InChI is InChI=1S/C16H21NO3/c1-3-7-17(8-4-2)11-12-5-6-14-13(9-12)10-15(20-14)16(18)19/h5-6,9-10H,3-4,7-8,11H2,1-2H3,(H,18,19). The second kappa shape index (κ2) is 6.57. The zero-order chi connectivity index (χ0) is 14.5. The number of carboxylic acid groups (broad SMARTS) is 1. The number of hydrogen-bond acceptors (Lipinski definition) is 3. The second-order valence-corrected chi connectivity index (χ2v) is 5.06. The molecular weight excluding hydrogens is 254 g/mol. The molecule has 0 atom stereocenters. The quantitative estimate of drug-likeness (QED) is 0.836. The molecular formula is C16H21NO3. The lowest BCUT2D eigenvalue weighted by atomic mass is 10.1. The third-order valence-electron chi connectivity index (χ3n) is 3.28. The van der Waals surface area contributed by atoms with Gasteiger partial charge in [-0.1, -0.05) is 19.9 Å². The van der Waals surface area contributed by atoms with Gasteiger partial charge in [0.2, 0.25) is 5.76 Å². The van der Waals surface area contributed by atoms with Crippen molar-refractivity contribution in [2.75, 3.05) is 13.1 Å². The molecule has 0 fully saturated rings. The van der Waals surface area contributed by atoms with Gasteiger partial charge < -0.3 is 9.52 Å². The van der Waals surface area contributed by atoms with Crippen molar-refractivity contribution in [1.29, 1.82) is 0 Å². The maximum absolute atomic E-state index is 10.9. The highest BCUT2D eigenvalue weighted by atomic mass is 16.4. The molecule has 4 heteroatoms. The van der Waals surface area contributed by atoms with Crippen LogP contribution in [0.15, 0.2) is 28.7 Å². The highest BCUT2D eigenvalue weighted by Crippen LogP contribution is 2.21. The molecule has 0 aliphatic heterocycles. The third kappa shape index (κ3) is 3.39. The van der Waals surface area contributed by atoms with Crippen molar-refractivity contribution in [2.45, 2.75) is 33.2 Å². The lowest BCUT2D eigenvalue weighted by Gasteiger charge is -2.20. The number of fused-ring (bicyclic) bond motifs is 1. The molecule has 2 aromatic rings. The van der Waals surface area contributed by atoms with Gasteiger partial charge in [-0.05, 0) is 49.7 Å². The number of carbonyl (C=O) groups is 1. The van der Waals surface area contributed by atoms with Crippen LogP contribution in [0, 0.1) is 0 Å². The van der Waals surface area contributed by atoms with E-state index in [4.69, 9.17) is 9.52 Å². The molecule has 108 valence electrons. The second-order valence-electron chi connectivity index (χ2n) is 5.06. The van der Waals surface area contributed by atoms with Crippen molar-refractivity contribution >= 4 is 16.9 Å². The summed E-state index contributed by atoms with van der Waals surface area (Å²) in [6.07, 6.45) is 2.27. The van der Waals surface area contributed by atoms with Crippen LogP contribution in [0.5, 0.6) is 0 Å². The summed E-state index contributed by atoms with van der Waals surface area (Å²) in [4.78, 5) is 13.3. The first kappa shape index (κ1) is 14.6. The Morgan fingerprint density at radius 1 is 1.20 bits per heavy atom. The van der Waals surface area contributed by atoms with Gasteiger partial charge in [0.1, 0.15) is 5.58 Å². The maximum Gasteiger partial charge on any atom is 0.371 e. The van der Waals surface area contributed by atoms with E-state index in [9.17, 15) is 4.79 Å². The maximum atomic E-state index is 10.9. The summed E-state index contributed by atoms with van der Waals surface area (Å²) < 4.78 is 5.27. The van der Waals surface area contributed by atoms with Gasteiger partial charge in [-0.15, -0.1) is 0 Å². The highest BCUT2D eigenvalue weighted by molar-refractivity contribution is 5.91. The average Bonchev–Trinajstić information content (AvgIpc) is 2.82. The Kier molecular flexibility index (Phi) is 4.79. The van der Waals surface area contributed by atoms with Crippen LogP contribution >= 0.6 is 0 Å². The minimum absolute atomic E-state index is 0.00359. The van der Waals surface area contributed by atoms with Crippen LogP contribution in [0.4, 0.5) is 0 Å². The van der Waals surface area contributed by atoms with E-state index < -0.39 is 5.97 Å². The van der Waals surface area contributed by atoms with E-state index in [2.05, 4.69) is 18.7 Å². The van der Waals surface area contributed by atoms with Crippen LogP contribution in [-0.4, -0.2) is 29.1 Å². The minimum atomic E-state index is -1.03. The summed E-state index contributed by atoms with van der Waals surface area (Å²) >= 11 is 0. The molecule has 4 nitrogen and oxygen atoms in total. The van der Waals surface area contributed by atoms with Gasteiger partial charge in [0.15, 0.2) is 0 Å². The van der Waals surface area contributed by atoms with Crippen molar-refractivity contribution in [1.82, 2.24) is 4.90 Å². The average molecular weight is 275 g/mol. The molecule has 0 amide bonds. The molecule has 0 bridgehead atoms. The molecule has 1 aromatic carbocycles. The third-order valence-corrected chi connectivity index (χ3v) is 3.28. The first-order valence-electron chi connectivity index (χ1n) is 7.12.